The van der Waals surface area contributed by atoms with Gasteiger partial charge in [0.1, 0.15) is 0 Å². The van der Waals surface area contributed by atoms with Gasteiger partial charge in [-0.25, -0.2) is 0 Å². The molecule has 0 N–H and O–H groups in total. The van der Waals surface area contributed by atoms with Crippen LogP contribution in [0.2, 0.25) is 0 Å². The Bertz CT molecular complexity index is 872. The summed E-state index contributed by atoms with van der Waals surface area (Å²) < 4.78 is 4.45. The average molecular weight is 498 g/mol. The number of rotatable bonds is 5. The lowest BCUT2D eigenvalue weighted by Gasteiger charge is -2.01. The zero-order chi connectivity index (χ0) is 17.6. The molecule has 28 heavy (non-hydrogen) atoms. The summed E-state index contributed by atoms with van der Waals surface area (Å²) >= 11 is 0. The summed E-state index contributed by atoms with van der Waals surface area (Å²) in [5.74, 6) is 0. The average Bonchev–Trinajstić information content (AvgIpc) is 2.74. The molecule has 0 aliphatic heterocycles. The Kier molecular flexibility index (Phi) is 8.55. The molecule has 0 radical (unpaired) electrons. The largest absolute Gasteiger partial charge is 1.00 e. The van der Waals surface area contributed by atoms with Gasteiger partial charge in [-0.1, -0.05) is 60.7 Å². The van der Waals surface area contributed by atoms with Gasteiger partial charge in [0, 0.05) is 24.3 Å². The van der Waals surface area contributed by atoms with E-state index < -0.39 is 0 Å². The Morgan fingerprint density at radius 2 is 0.679 bits per heavy atom. The number of hydrogen-bond donors (Lipinski definition) is 0. The van der Waals surface area contributed by atoms with Crippen LogP contribution in [-0.2, 0) is 13.1 Å². The van der Waals surface area contributed by atoms with Crippen LogP contribution in [0.3, 0.4) is 0 Å². The van der Waals surface area contributed by atoms with Crippen molar-refractivity contribution in [2.75, 3.05) is 0 Å². The molecule has 0 spiro atoms. The second-order valence-electron chi connectivity index (χ2n) is 6.38. The smallest absolute Gasteiger partial charge is 0.206 e. The van der Waals surface area contributed by atoms with Gasteiger partial charge in [0.25, 0.3) is 0 Å². The van der Waals surface area contributed by atoms with Gasteiger partial charge in [-0.05, 0) is 22.3 Å². The van der Waals surface area contributed by atoms with Crippen LogP contribution in [0.15, 0.2) is 110 Å². The van der Waals surface area contributed by atoms with Crippen molar-refractivity contribution in [3.05, 3.63) is 110 Å². The third kappa shape index (κ3) is 5.60. The maximum Gasteiger partial charge on any atom is 0.206 e. The highest BCUT2D eigenvalue weighted by atomic mass is 79.9. The lowest BCUT2D eigenvalue weighted by atomic mass is 10.1. The highest BCUT2D eigenvalue weighted by molar-refractivity contribution is 5.62. The molecule has 0 unspecified atom stereocenters. The monoisotopic (exact) mass is 496 g/mol. The maximum atomic E-state index is 2.23. The summed E-state index contributed by atoms with van der Waals surface area (Å²) in [4.78, 5) is 0. The molecule has 0 saturated heterocycles. The van der Waals surface area contributed by atoms with Crippen LogP contribution in [0, 0.1) is 0 Å². The summed E-state index contributed by atoms with van der Waals surface area (Å²) in [6.45, 7) is 1.90. The van der Waals surface area contributed by atoms with Crippen LogP contribution in [-0.4, -0.2) is 0 Å². The van der Waals surface area contributed by atoms with Gasteiger partial charge in [-0.3, -0.25) is 0 Å². The molecule has 2 heterocycles. The van der Waals surface area contributed by atoms with Crippen molar-refractivity contribution >= 4 is 0 Å². The Morgan fingerprint density at radius 3 is 1.00 bits per heavy atom. The van der Waals surface area contributed by atoms with Crippen LogP contribution in [0.4, 0.5) is 0 Å². The molecule has 0 aliphatic rings. The van der Waals surface area contributed by atoms with E-state index in [-0.39, 0.29) is 34.0 Å². The zero-order valence-electron chi connectivity index (χ0n) is 15.5. The van der Waals surface area contributed by atoms with Crippen LogP contribution < -0.4 is 43.1 Å². The van der Waals surface area contributed by atoms with Crippen molar-refractivity contribution in [1.29, 1.82) is 0 Å². The van der Waals surface area contributed by atoms with E-state index in [0.29, 0.717) is 0 Å². The molecule has 2 nitrogen and oxygen atoms in total. The molecule has 0 amide bonds. The topological polar surface area (TPSA) is 7.76 Å². The summed E-state index contributed by atoms with van der Waals surface area (Å²) in [5.41, 5.74) is 5.01. The van der Waals surface area contributed by atoms with E-state index in [0.717, 1.165) is 13.1 Å². The Morgan fingerprint density at radius 1 is 0.393 bits per heavy atom. The normalized spacial score (nSPS) is 9.86. The van der Waals surface area contributed by atoms with Gasteiger partial charge in [0.2, 0.25) is 13.1 Å². The number of benzene rings is 2. The van der Waals surface area contributed by atoms with E-state index in [1.54, 1.807) is 0 Å². The van der Waals surface area contributed by atoms with Crippen LogP contribution in [0.5, 0.6) is 0 Å². The van der Waals surface area contributed by atoms with Gasteiger partial charge in [-0.15, -0.1) is 0 Å². The van der Waals surface area contributed by atoms with E-state index in [9.17, 15) is 0 Å². The first-order valence-corrected chi connectivity index (χ1v) is 8.97. The molecular formula is C24H22Br2N2. The fourth-order valence-electron chi connectivity index (χ4n) is 3.09. The Balaban J connectivity index is 0.00000140. The minimum absolute atomic E-state index is 0. The van der Waals surface area contributed by atoms with Crippen LogP contribution in [0.25, 0.3) is 22.3 Å². The van der Waals surface area contributed by atoms with E-state index in [1.165, 1.54) is 22.3 Å². The Hall–Kier alpha value is -2.30. The number of hydrogen-bond acceptors (Lipinski definition) is 0. The first-order chi connectivity index (χ1) is 12.9. The molecule has 2 aromatic heterocycles. The molecule has 4 aromatic rings. The summed E-state index contributed by atoms with van der Waals surface area (Å²) in [5, 5.41) is 0. The molecule has 0 bridgehead atoms. The molecule has 0 fully saturated rings. The van der Waals surface area contributed by atoms with E-state index >= 15 is 0 Å². The fourth-order valence-corrected chi connectivity index (χ4v) is 3.09. The summed E-state index contributed by atoms with van der Waals surface area (Å²) in [6, 6.07) is 29.7. The van der Waals surface area contributed by atoms with Gasteiger partial charge >= 0.3 is 0 Å². The summed E-state index contributed by atoms with van der Waals surface area (Å²) in [6.07, 6.45) is 8.62. The van der Waals surface area contributed by atoms with Crippen molar-refractivity contribution in [3.8, 4) is 22.3 Å². The first-order valence-electron chi connectivity index (χ1n) is 8.97. The van der Waals surface area contributed by atoms with Gasteiger partial charge < -0.3 is 34.0 Å². The van der Waals surface area contributed by atoms with Crippen molar-refractivity contribution < 1.29 is 43.1 Å². The predicted molar refractivity (Wildman–Crippen MR) is 104 cm³/mol. The molecule has 4 rings (SSSR count). The van der Waals surface area contributed by atoms with E-state index in [2.05, 4.69) is 107 Å². The van der Waals surface area contributed by atoms with Crippen LogP contribution >= 0.6 is 0 Å². The van der Waals surface area contributed by atoms with Gasteiger partial charge in [0.15, 0.2) is 24.8 Å². The van der Waals surface area contributed by atoms with Crippen molar-refractivity contribution in [2.24, 2.45) is 0 Å². The number of nitrogens with zero attached hydrogens (tertiary/aromatic N) is 2. The van der Waals surface area contributed by atoms with E-state index in [1.807, 2.05) is 12.1 Å². The molecule has 142 valence electrons. The fraction of sp³-hybridized carbons (Fsp3) is 0.0833. The van der Waals surface area contributed by atoms with Gasteiger partial charge in [-0.2, -0.15) is 9.13 Å². The lowest BCUT2D eigenvalue weighted by Crippen LogP contribution is -3.00. The molecular weight excluding hydrogens is 476 g/mol. The second-order valence-corrected chi connectivity index (χ2v) is 6.38. The second kappa shape index (κ2) is 10.9. The molecule has 4 heteroatoms. The SMILES string of the molecule is [Br-].[Br-].c1ccc(-c2cc[n+](CC[n+]3ccc(-c4ccccc4)cc3)cc2)cc1. The van der Waals surface area contributed by atoms with Crippen LogP contribution in [0.1, 0.15) is 0 Å². The third-order valence-electron chi connectivity index (χ3n) is 4.61. The molecule has 0 aliphatic carbocycles. The van der Waals surface area contributed by atoms with Crippen molar-refractivity contribution in [2.45, 2.75) is 13.1 Å². The Labute approximate surface area is 187 Å². The zero-order valence-corrected chi connectivity index (χ0v) is 18.6. The number of aromatic nitrogens is 2. The molecule has 2 aromatic carbocycles. The van der Waals surface area contributed by atoms with Crippen molar-refractivity contribution in [1.82, 2.24) is 0 Å². The molecule has 0 saturated carbocycles. The number of pyridine rings is 2. The minimum Gasteiger partial charge on any atom is -1.00 e. The quantitative estimate of drug-likeness (QED) is 0.290. The third-order valence-corrected chi connectivity index (χ3v) is 4.61. The van der Waals surface area contributed by atoms with Gasteiger partial charge in [0.05, 0.1) is 0 Å². The lowest BCUT2D eigenvalue weighted by molar-refractivity contribution is -0.778. The molecule has 0 atom stereocenters. The maximum absolute atomic E-state index is 2.23. The number of aryl methyl sites for hydroxylation is 2. The van der Waals surface area contributed by atoms with Crippen molar-refractivity contribution in [3.63, 3.8) is 0 Å². The standard InChI is InChI=1S/C24H22N2.2BrH/c1-3-7-21(8-4-1)23-11-15-25(16-12-23)19-20-26-17-13-24(14-18-26)22-9-5-2-6-10-22;;/h1-18H,19-20H2;2*1H/q+2;;/p-2. The number of halogens is 2. The highest BCUT2D eigenvalue weighted by Crippen LogP contribution is 2.17. The predicted octanol–water partition coefficient (Wildman–Crippen LogP) is -1.70. The summed E-state index contributed by atoms with van der Waals surface area (Å²) in [7, 11) is 0. The van der Waals surface area contributed by atoms with E-state index in [4.69, 9.17) is 0 Å². The highest BCUT2D eigenvalue weighted by Gasteiger charge is 2.07. The minimum atomic E-state index is 0. The first kappa shape index (κ1) is 22.0.